The van der Waals surface area contributed by atoms with Crippen molar-refractivity contribution < 1.29 is 14.3 Å². The van der Waals surface area contributed by atoms with Gasteiger partial charge < -0.3 is 14.8 Å². The summed E-state index contributed by atoms with van der Waals surface area (Å²) in [5.74, 6) is 0. The maximum absolute atomic E-state index is 11.8. The molecule has 1 saturated heterocycles. The lowest BCUT2D eigenvalue weighted by Crippen LogP contribution is -2.30. The molecule has 0 aliphatic carbocycles. The number of pyridine rings is 1. The molecule has 0 unspecified atom stereocenters. The highest BCUT2D eigenvalue weighted by Gasteiger charge is 2.15. The average molecular weight is 330 g/mol. The first-order chi connectivity index (χ1) is 11.7. The van der Waals surface area contributed by atoms with E-state index >= 15 is 0 Å². The van der Waals surface area contributed by atoms with E-state index in [0.717, 1.165) is 42.7 Å². The van der Waals surface area contributed by atoms with Gasteiger partial charge in [-0.25, -0.2) is 4.79 Å². The first-order valence-corrected chi connectivity index (χ1v) is 8.17. The van der Waals surface area contributed by atoms with E-state index < -0.39 is 6.09 Å². The Morgan fingerprint density at radius 1 is 1.46 bits per heavy atom. The average Bonchev–Trinajstić information content (AvgIpc) is 3.05. The van der Waals surface area contributed by atoms with Crippen LogP contribution in [0.25, 0.3) is 11.3 Å². The van der Waals surface area contributed by atoms with Crippen LogP contribution in [-0.4, -0.2) is 40.2 Å². The van der Waals surface area contributed by atoms with Crippen LogP contribution >= 0.6 is 0 Å². The van der Waals surface area contributed by atoms with Crippen molar-refractivity contribution in [2.45, 2.75) is 31.9 Å². The van der Waals surface area contributed by atoms with Crippen LogP contribution < -0.4 is 5.32 Å². The largest absolute Gasteiger partial charge is 0.447 e. The van der Waals surface area contributed by atoms with Gasteiger partial charge in [0.2, 0.25) is 0 Å². The molecule has 0 aromatic carbocycles. The molecule has 1 aliphatic heterocycles. The summed E-state index contributed by atoms with van der Waals surface area (Å²) in [5.41, 5.74) is 2.83. The lowest BCUT2D eigenvalue weighted by atomic mass is 10.1. The normalized spacial score (nSPS) is 17.5. The van der Waals surface area contributed by atoms with Gasteiger partial charge in [0.15, 0.2) is 0 Å². The second-order valence-electron chi connectivity index (χ2n) is 5.86. The van der Waals surface area contributed by atoms with E-state index in [1.165, 1.54) is 0 Å². The number of nitrogens with zero attached hydrogens (tertiary/aromatic N) is 3. The molecule has 7 nitrogen and oxygen atoms in total. The monoisotopic (exact) mass is 330 g/mol. The molecule has 7 heteroatoms. The number of ether oxygens (including phenoxy) is 2. The highest BCUT2D eigenvalue weighted by molar-refractivity contribution is 5.67. The maximum Gasteiger partial charge on any atom is 0.407 e. The molecule has 0 spiro atoms. The number of hydrogen-bond donors (Lipinski definition) is 1. The topological polar surface area (TPSA) is 78.3 Å². The second kappa shape index (κ2) is 7.92. The zero-order valence-electron chi connectivity index (χ0n) is 13.8. The van der Waals surface area contributed by atoms with E-state index in [2.05, 4.69) is 15.4 Å². The molecule has 0 saturated carbocycles. The Morgan fingerprint density at radius 3 is 3.12 bits per heavy atom. The van der Waals surface area contributed by atoms with Crippen molar-refractivity contribution in [3.05, 3.63) is 36.3 Å². The molecule has 24 heavy (non-hydrogen) atoms. The minimum Gasteiger partial charge on any atom is -0.447 e. The Hall–Kier alpha value is -2.41. The fourth-order valence-electron chi connectivity index (χ4n) is 2.71. The molecule has 2 aromatic heterocycles. The molecule has 128 valence electrons. The fourth-order valence-corrected chi connectivity index (χ4v) is 2.71. The zero-order chi connectivity index (χ0) is 16.8. The third-order valence-electron chi connectivity index (χ3n) is 4.02. The van der Waals surface area contributed by atoms with Crippen LogP contribution in [0.15, 0.2) is 30.7 Å². The molecular weight excluding hydrogens is 308 g/mol. The molecular formula is C17H22N4O3. The number of carbonyl (C=O) groups is 1. The number of nitrogens with one attached hydrogen (secondary N) is 1. The highest BCUT2D eigenvalue weighted by Crippen LogP contribution is 2.18. The molecule has 1 fully saturated rings. The maximum atomic E-state index is 11.8. The van der Waals surface area contributed by atoms with Crippen LogP contribution in [0.3, 0.4) is 0 Å². The zero-order valence-corrected chi connectivity index (χ0v) is 13.8. The van der Waals surface area contributed by atoms with E-state index in [1.54, 1.807) is 23.3 Å². The fraction of sp³-hybridized carbons (Fsp3) is 0.471. The van der Waals surface area contributed by atoms with Crippen molar-refractivity contribution in [2.24, 2.45) is 7.05 Å². The van der Waals surface area contributed by atoms with E-state index in [4.69, 9.17) is 9.47 Å². The van der Waals surface area contributed by atoms with Crippen molar-refractivity contribution in [1.82, 2.24) is 20.1 Å². The van der Waals surface area contributed by atoms with Gasteiger partial charge >= 0.3 is 6.09 Å². The van der Waals surface area contributed by atoms with Gasteiger partial charge in [-0.2, -0.15) is 5.10 Å². The summed E-state index contributed by atoms with van der Waals surface area (Å²) in [6.45, 7) is 1.42. The Labute approximate surface area is 141 Å². The minimum atomic E-state index is -0.435. The number of rotatable bonds is 5. The SMILES string of the molecule is Cn1nccc1-c1cncc(CNC(=O)OC[C@H]2CCCCO2)c1. The van der Waals surface area contributed by atoms with E-state index in [1.807, 2.05) is 19.2 Å². The molecule has 3 rings (SSSR count). The van der Waals surface area contributed by atoms with E-state index in [9.17, 15) is 4.79 Å². The summed E-state index contributed by atoms with van der Waals surface area (Å²) in [5, 5.41) is 6.90. The first-order valence-electron chi connectivity index (χ1n) is 8.17. The number of aromatic nitrogens is 3. The van der Waals surface area contributed by atoms with Crippen LogP contribution in [0, 0.1) is 0 Å². The number of hydrogen-bond acceptors (Lipinski definition) is 5. The molecule has 0 radical (unpaired) electrons. The van der Waals surface area contributed by atoms with E-state index in [-0.39, 0.29) is 6.10 Å². The summed E-state index contributed by atoms with van der Waals surface area (Å²) in [6, 6.07) is 3.90. The predicted molar refractivity (Wildman–Crippen MR) is 88.2 cm³/mol. The lowest BCUT2D eigenvalue weighted by Gasteiger charge is -2.22. The van der Waals surface area contributed by atoms with Gasteiger partial charge in [0, 0.05) is 44.4 Å². The van der Waals surface area contributed by atoms with Crippen molar-refractivity contribution in [2.75, 3.05) is 13.2 Å². The number of alkyl carbamates (subject to hydrolysis) is 1. The van der Waals surface area contributed by atoms with Gasteiger partial charge in [-0.05, 0) is 37.0 Å². The summed E-state index contributed by atoms with van der Waals surface area (Å²) in [6.07, 6.45) is 8.00. The molecule has 1 amide bonds. The van der Waals surface area contributed by atoms with Crippen molar-refractivity contribution >= 4 is 6.09 Å². The standard InChI is InChI=1S/C17H22N4O3/c1-21-16(5-6-20-21)14-8-13(9-18-11-14)10-19-17(22)24-12-15-4-2-3-7-23-15/h5-6,8-9,11,15H,2-4,7,10,12H2,1H3,(H,19,22)/t15-/m1/s1. The van der Waals surface area contributed by atoms with Gasteiger partial charge in [-0.3, -0.25) is 9.67 Å². The van der Waals surface area contributed by atoms with E-state index in [0.29, 0.717) is 13.2 Å². The van der Waals surface area contributed by atoms with Crippen LogP contribution in [0.2, 0.25) is 0 Å². The van der Waals surface area contributed by atoms with Gasteiger partial charge in [0.25, 0.3) is 0 Å². The Bertz CT molecular complexity index is 680. The van der Waals surface area contributed by atoms with Crippen LogP contribution in [0.1, 0.15) is 24.8 Å². The quantitative estimate of drug-likeness (QED) is 0.910. The second-order valence-corrected chi connectivity index (χ2v) is 5.86. The molecule has 1 aliphatic rings. The molecule has 3 heterocycles. The number of carbonyl (C=O) groups excluding carboxylic acids is 1. The van der Waals surface area contributed by atoms with Gasteiger partial charge in [0.1, 0.15) is 6.61 Å². The van der Waals surface area contributed by atoms with Gasteiger partial charge in [0.05, 0.1) is 11.8 Å². The first kappa shape index (κ1) is 16.4. The van der Waals surface area contributed by atoms with Crippen LogP contribution in [-0.2, 0) is 23.1 Å². The molecule has 0 bridgehead atoms. The van der Waals surface area contributed by atoms with Crippen LogP contribution in [0.5, 0.6) is 0 Å². The molecule has 2 aromatic rings. The predicted octanol–water partition coefficient (Wildman–Crippen LogP) is 2.28. The van der Waals surface area contributed by atoms with Gasteiger partial charge in [-0.15, -0.1) is 0 Å². The smallest absolute Gasteiger partial charge is 0.407 e. The highest BCUT2D eigenvalue weighted by atomic mass is 16.6. The number of amides is 1. The Kier molecular flexibility index (Phi) is 5.43. The summed E-state index contributed by atoms with van der Waals surface area (Å²) >= 11 is 0. The summed E-state index contributed by atoms with van der Waals surface area (Å²) in [4.78, 5) is 16.0. The third-order valence-corrected chi connectivity index (χ3v) is 4.02. The third kappa shape index (κ3) is 4.32. The Balaban J connectivity index is 1.49. The summed E-state index contributed by atoms with van der Waals surface area (Å²) in [7, 11) is 1.88. The van der Waals surface area contributed by atoms with Crippen molar-refractivity contribution in [1.29, 1.82) is 0 Å². The number of aryl methyl sites for hydroxylation is 1. The lowest BCUT2D eigenvalue weighted by molar-refractivity contribution is -0.0223. The minimum absolute atomic E-state index is 0.0272. The Morgan fingerprint density at radius 2 is 2.38 bits per heavy atom. The van der Waals surface area contributed by atoms with Crippen LogP contribution in [0.4, 0.5) is 4.79 Å². The van der Waals surface area contributed by atoms with Crippen molar-refractivity contribution in [3.8, 4) is 11.3 Å². The molecule has 1 atom stereocenters. The summed E-state index contributed by atoms with van der Waals surface area (Å²) < 4.78 is 12.5. The van der Waals surface area contributed by atoms with Gasteiger partial charge in [-0.1, -0.05) is 0 Å². The van der Waals surface area contributed by atoms with Crippen molar-refractivity contribution in [3.63, 3.8) is 0 Å². The molecule has 1 N–H and O–H groups in total.